The molecule has 2 aliphatic heterocycles. The minimum absolute atomic E-state index is 0.0308. The van der Waals surface area contributed by atoms with E-state index < -0.39 is 0 Å². The zero-order valence-electron chi connectivity index (χ0n) is 16.8. The number of carbonyl (C=O) groups excluding carboxylic acids is 2. The average Bonchev–Trinajstić information content (AvgIpc) is 3.18. The van der Waals surface area contributed by atoms with Gasteiger partial charge in [-0.3, -0.25) is 19.0 Å². The summed E-state index contributed by atoms with van der Waals surface area (Å²) < 4.78 is 3.61. The summed E-state index contributed by atoms with van der Waals surface area (Å²) in [7, 11) is 7.25. The quantitative estimate of drug-likeness (QED) is 0.615. The van der Waals surface area contributed by atoms with Gasteiger partial charge in [0.25, 0.3) is 0 Å². The van der Waals surface area contributed by atoms with Crippen LogP contribution in [0, 0.1) is 0 Å². The van der Waals surface area contributed by atoms with Crippen LogP contribution in [0.2, 0.25) is 0 Å². The van der Waals surface area contributed by atoms with Gasteiger partial charge in [-0.05, 0) is 25.7 Å². The van der Waals surface area contributed by atoms with E-state index >= 15 is 0 Å². The molecule has 4 N–H and O–H groups in total. The van der Waals surface area contributed by atoms with Crippen LogP contribution >= 0.6 is 0 Å². The van der Waals surface area contributed by atoms with Gasteiger partial charge in [-0.25, -0.2) is 0 Å². The summed E-state index contributed by atoms with van der Waals surface area (Å²) in [6, 6.07) is -0.764. The highest BCUT2D eigenvalue weighted by Gasteiger charge is 2.28. The van der Waals surface area contributed by atoms with Crippen molar-refractivity contribution < 1.29 is 9.59 Å². The SMILES string of the molecule is CN1C(=O)[C@@H](N)CCc2c1cnn2C.CN1C(=O)[C@H](N)CCc2c1cnn2C. The van der Waals surface area contributed by atoms with Gasteiger partial charge in [0, 0.05) is 28.2 Å². The van der Waals surface area contributed by atoms with Crippen LogP contribution in [-0.2, 0) is 36.5 Å². The van der Waals surface area contributed by atoms with Gasteiger partial charge in [-0.2, -0.15) is 10.2 Å². The predicted octanol–water partition coefficient (Wildman–Crippen LogP) is -0.687. The third-order valence-electron chi connectivity index (χ3n) is 5.48. The van der Waals surface area contributed by atoms with Crippen molar-refractivity contribution >= 4 is 23.2 Å². The highest BCUT2D eigenvalue weighted by molar-refractivity contribution is 5.98. The summed E-state index contributed by atoms with van der Waals surface area (Å²) in [5, 5.41) is 8.26. The second-order valence-corrected chi connectivity index (χ2v) is 7.29. The molecule has 2 atom stereocenters. The largest absolute Gasteiger partial charge is 0.320 e. The fraction of sp³-hybridized carbons (Fsp3) is 0.556. The third-order valence-corrected chi connectivity index (χ3v) is 5.48. The van der Waals surface area contributed by atoms with Crippen molar-refractivity contribution in [3.8, 4) is 0 Å². The molecule has 2 aromatic rings. The third kappa shape index (κ3) is 3.52. The number of likely N-dealkylation sites (N-methyl/N-ethyl adjacent to an activating group) is 2. The van der Waals surface area contributed by atoms with E-state index in [1.165, 1.54) is 0 Å². The predicted molar refractivity (Wildman–Crippen MR) is 106 cm³/mol. The van der Waals surface area contributed by atoms with Gasteiger partial charge in [0.1, 0.15) is 0 Å². The van der Waals surface area contributed by atoms with Crippen molar-refractivity contribution in [1.29, 1.82) is 0 Å². The van der Waals surface area contributed by atoms with Crippen molar-refractivity contribution in [1.82, 2.24) is 19.6 Å². The maximum absolute atomic E-state index is 11.7. The van der Waals surface area contributed by atoms with Gasteiger partial charge in [-0.15, -0.1) is 0 Å². The van der Waals surface area contributed by atoms with Crippen molar-refractivity contribution in [3.05, 3.63) is 23.8 Å². The fourth-order valence-corrected chi connectivity index (χ4v) is 3.61. The first-order valence-corrected chi connectivity index (χ1v) is 9.30. The molecule has 2 aliphatic rings. The van der Waals surface area contributed by atoms with E-state index in [9.17, 15) is 9.59 Å². The lowest BCUT2D eigenvalue weighted by atomic mass is 10.1. The molecular formula is C18H28N8O2. The van der Waals surface area contributed by atoms with Gasteiger partial charge in [0.15, 0.2) is 0 Å². The number of anilines is 2. The molecule has 28 heavy (non-hydrogen) atoms. The van der Waals surface area contributed by atoms with E-state index in [1.807, 2.05) is 14.1 Å². The standard InChI is InChI=1S/2C9H14N4O/c2*1-12-8-5-11-13(2)7(8)4-3-6(10)9(12)14/h2*5-6H,3-4,10H2,1-2H3/t2*6-/m10/s1. The minimum atomic E-state index is -0.382. The Balaban J connectivity index is 0.000000161. The molecule has 0 fully saturated rings. The van der Waals surface area contributed by atoms with E-state index in [0.29, 0.717) is 12.8 Å². The van der Waals surface area contributed by atoms with E-state index in [-0.39, 0.29) is 23.9 Å². The topological polar surface area (TPSA) is 128 Å². The Bertz CT molecular complexity index is 814. The number of nitrogens with two attached hydrogens (primary N) is 2. The number of fused-ring (bicyclic) bond motifs is 2. The highest BCUT2D eigenvalue weighted by Crippen LogP contribution is 2.25. The molecule has 4 heterocycles. The van der Waals surface area contributed by atoms with Crippen molar-refractivity contribution in [2.24, 2.45) is 25.6 Å². The molecule has 0 spiro atoms. The van der Waals surface area contributed by atoms with E-state index in [1.54, 1.807) is 45.7 Å². The Labute approximate surface area is 164 Å². The minimum Gasteiger partial charge on any atom is -0.320 e. The molecule has 0 unspecified atom stereocenters. The monoisotopic (exact) mass is 388 g/mol. The summed E-state index contributed by atoms with van der Waals surface area (Å²) >= 11 is 0. The molecular weight excluding hydrogens is 360 g/mol. The van der Waals surface area contributed by atoms with E-state index in [2.05, 4.69) is 10.2 Å². The molecule has 0 aromatic carbocycles. The van der Waals surface area contributed by atoms with Crippen LogP contribution in [0.15, 0.2) is 12.4 Å². The van der Waals surface area contributed by atoms with Crippen molar-refractivity contribution in [3.63, 3.8) is 0 Å². The molecule has 2 aromatic heterocycles. The van der Waals surface area contributed by atoms with Gasteiger partial charge in [0.2, 0.25) is 11.8 Å². The summed E-state index contributed by atoms with van der Waals surface area (Å²) in [6.45, 7) is 0. The summed E-state index contributed by atoms with van der Waals surface area (Å²) in [4.78, 5) is 26.6. The Kier molecular flexibility index (Phi) is 5.52. The molecule has 10 nitrogen and oxygen atoms in total. The van der Waals surface area contributed by atoms with Crippen molar-refractivity contribution in [2.45, 2.75) is 37.8 Å². The van der Waals surface area contributed by atoms with Gasteiger partial charge in [0.05, 0.1) is 47.2 Å². The zero-order chi connectivity index (χ0) is 20.6. The highest BCUT2D eigenvalue weighted by atomic mass is 16.2. The second-order valence-electron chi connectivity index (χ2n) is 7.29. The molecule has 10 heteroatoms. The Hall–Kier alpha value is -2.72. The molecule has 0 radical (unpaired) electrons. The lowest BCUT2D eigenvalue weighted by Crippen LogP contribution is -2.40. The number of carbonyl (C=O) groups is 2. The Morgan fingerprint density at radius 1 is 0.786 bits per heavy atom. The lowest BCUT2D eigenvalue weighted by molar-refractivity contribution is -0.120. The molecule has 4 rings (SSSR count). The van der Waals surface area contributed by atoms with Crippen LogP contribution in [-0.4, -0.2) is 57.6 Å². The molecule has 0 bridgehead atoms. The Morgan fingerprint density at radius 2 is 1.14 bits per heavy atom. The first kappa shape index (κ1) is 20.0. The number of rotatable bonds is 0. The molecule has 0 saturated heterocycles. The number of amides is 2. The zero-order valence-corrected chi connectivity index (χ0v) is 16.8. The molecule has 0 aliphatic carbocycles. The van der Waals surface area contributed by atoms with Gasteiger partial charge in [-0.1, -0.05) is 0 Å². The summed E-state index contributed by atoms with van der Waals surface area (Å²) in [5.41, 5.74) is 15.4. The number of aryl methyl sites for hydroxylation is 2. The number of hydrogen-bond acceptors (Lipinski definition) is 6. The van der Waals surface area contributed by atoms with E-state index in [0.717, 1.165) is 35.6 Å². The maximum Gasteiger partial charge on any atom is 0.243 e. The van der Waals surface area contributed by atoms with Crippen LogP contribution in [0.3, 0.4) is 0 Å². The van der Waals surface area contributed by atoms with Gasteiger partial charge >= 0.3 is 0 Å². The normalized spacial score (nSPS) is 22.1. The van der Waals surface area contributed by atoms with Crippen LogP contribution in [0.25, 0.3) is 0 Å². The lowest BCUT2D eigenvalue weighted by Gasteiger charge is -2.16. The van der Waals surface area contributed by atoms with Gasteiger partial charge < -0.3 is 21.3 Å². The van der Waals surface area contributed by atoms with Crippen LogP contribution < -0.4 is 21.3 Å². The Morgan fingerprint density at radius 3 is 1.50 bits per heavy atom. The molecule has 152 valence electrons. The number of nitrogens with zero attached hydrogens (tertiary/aromatic N) is 6. The van der Waals surface area contributed by atoms with Crippen molar-refractivity contribution in [2.75, 3.05) is 23.9 Å². The summed E-state index contributed by atoms with van der Waals surface area (Å²) in [5.74, 6) is -0.0616. The average molecular weight is 388 g/mol. The molecule has 0 saturated carbocycles. The fourth-order valence-electron chi connectivity index (χ4n) is 3.61. The number of hydrogen-bond donors (Lipinski definition) is 2. The second kappa shape index (κ2) is 7.72. The first-order valence-electron chi connectivity index (χ1n) is 9.30. The van der Waals surface area contributed by atoms with Crippen LogP contribution in [0.4, 0.5) is 11.4 Å². The summed E-state index contributed by atoms with van der Waals surface area (Å²) in [6.07, 6.45) is 6.42. The van der Waals surface area contributed by atoms with Crippen LogP contribution in [0.1, 0.15) is 24.2 Å². The molecule has 2 amide bonds. The number of aromatic nitrogens is 4. The smallest absolute Gasteiger partial charge is 0.243 e. The van der Waals surface area contributed by atoms with E-state index in [4.69, 9.17) is 11.5 Å². The van der Waals surface area contributed by atoms with Crippen LogP contribution in [0.5, 0.6) is 0 Å². The maximum atomic E-state index is 11.7. The first-order chi connectivity index (χ1) is 13.2.